The highest BCUT2D eigenvalue weighted by molar-refractivity contribution is 6.08. The number of nitrogens with zero attached hydrogens (tertiary/aromatic N) is 4. The predicted octanol–water partition coefficient (Wildman–Crippen LogP) is 3.70. The van der Waals surface area contributed by atoms with Crippen molar-refractivity contribution in [3.63, 3.8) is 0 Å². The molecule has 1 saturated heterocycles. The van der Waals surface area contributed by atoms with Crippen LogP contribution >= 0.6 is 0 Å². The van der Waals surface area contributed by atoms with Crippen LogP contribution in [0.15, 0.2) is 59.7 Å². The molecular weight excluding hydrogens is 438 g/mol. The second kappa shape index (κ2) is 9.82. The third-order valence-corrected chi connectivity index (χ3v) is 6.04. The van der Waals surface area contributed by atoms with Gasteiger partial charge < -0.3 is 10.0 Å². The van der Waals surface area contributed by atoms with Crippen molar-refractivity contribution in [2.24, 2.45) is 5.11 Å². The van der Waals surface area contributed by atoms with Gasteiger partial charge in [0.15, 0.2) is 0 Å². The molecule has 178 valence electrons. The summed E-state index contributed by atoms with van der Waals surface area (Å²) in [6.07, 6.45) is -0.491. The van der Waals surface area contributed by atoms with Crippen LogP contribution in [0.2, 0.25) is 0 Å². The standard InChI is InChI=1S/C24H27N5O5/c1-4-27-23(34)29(22(33)24(27,3)19-12-10-17(11-13-19)15-26-25)28(16(2)30)20(14-21(31)32)18-8-6-5-7-9-18/h5-13,20,25H,4,14-15H2,1-3H3,(H,31,32)/t20-,24-/m1/s1. The van der Waals surface area contributed by atoms with Crippen molar-refractivity contribution >= 4 is 23.8 Å². The number of aliphatic carboxylic acids is 1. The fourth-order valence-corrected chi connectivity index (χ4v) is 4.35. The first kappa shape index (κ1) is 24.6. The largest absolute Gasteiger partial charge is 0.481 e. The van der Waals surface area contributed by atoms with E-state index in [1.807, 2.05) is 0 Å². The van der Waals surface area contributed by atoms with E-state index in [0.29, 0.717) is 11.1 Å². The van der Waals surface area contributed by atoms with Crippen LogP contribution in [-0.4, -0.2) is 50.4 Å². The van der Waals surface area contributed by atoms with Gasteiger partial charge in [0.25, 0.3) is 5.91 Å². The predicted molar refractivity (Wildman–Crippen MR) is 121 cm³/mol. The van der Waals surface area contributed by atoms with Crippen molar-refractivity contribution < 1.29 is 24.3 Å². The van der Waals surface area contributed by atoms with Gasteiger partial charge in [0, 0.05) is 13.5 Å². The Hall–Kier alpha value is -4.08. The SMILES string of the molecule is CCN1C(=O)N(N(C(C)=O)[C@H](CC(=O)O)c2ccccc2)C(=O)[C@@]1(C)c1ccc(CN=N)cc1. The molecule has 2 aromatic rings. The van der Waals surface area contributed by atoms with Crippen LogP contribution in [0, 0.1) is 5.53 Å². The van der Waals surface area contributed by atoms with Crippen LogP contribution < -0.4 is 0 Å². The minimum Gasteiger partial charge on any atom is -0.481 e. The molecule has 2 atom stereocenters. The lowest BCUT2D eigenvalue weighted by atomic mass is 9.89. The van der Waals surface area contributed by atoms with E-state index in [-0.39, 0.29) is 13.1 Å². The number of likely N-dealkylation sites (N-methyl/N-ethyl adjacent to an activating group) is 1. The maximum absolute atomic E-state index is 13.9. The smallest absolute Gasteiger partial charge is 0.347 e. The molecule has 2 aromatic carbocycles. The number of carbonyl (C=O) groups excluding carboxylic acids is 3. The Morgan fingerprint density at radius 2 is 1.74 bits per heavy atom. The van der Waals surface area contributed by atoms with Crippen molar-refractivity contribution in [3.05, 3.63) is 71.3 Å². The Labute approximate surface area is 197 Å². The third-order valence-electron chi connectivity index (χ3n) is 6.04. The van der Waals surface area contributed by atoms with Gasteiger partial charge in [-0.05, 0) is 30.5 Å². The number of carboxylic acids is 1. The van der Waals surface area contributed by atoms with Gasteiger partial charge in [0.2, 0.25) is 5.91 Å². The number of nitrogens with one attached hydrogen (secondary N) is 1. The van der Waals surface area contributed by atoms with Crippen LogP contribution in [0.4, 0.5) is 4.79 Å². The Kier molecular flexibility index (Phi) is 7.09. The Morgan fingerprint density at radius 1 is 1.12 bits per heavy atom. The molecule has 10 heteroatoms. The first-order valence-electron chi connectivity index (χ1n) is 10.8. The fourth-order valence-electron chi connectivity index (χ4n) is 4.35. The summed E-state index contributed by atoms with van der Waals surface area (Å²) in [6, 6.07) is 13.5. The zero-order chi connectivity index (χ0) is 25.0. The van der Waals surface area contributed by atoms with E-state index >= 15 is 0 Å². The van der Waals surface area contributed by atoms with Gasteiger partial charge >= 0.3 is 12.0 Å². The summed E-state index contributed by atoms with van der Waals surface area (Å²) in [7, 11) is 0. The maximum atomic E-state index is 13.9. The molecule has 1 fully saturated rings. The monoisotopic (exact) mass is 465 g/mol. The highest BCUT2D eigenvalue weighted by atomic mass is 16.4. The van der Waals surface area contributed by atoms with E-state index in [9.17, 15) is 24.3 Å². The summed E-state index contributed by atoms with van der Waals surface area (Å²) in [5, 5.41) is 14.6. The number of rotatable bonds is 9. The second-order valence-corrected chi connectivity index (χ2v) is 8.12. The zero-order valence-electron chi connectivity index (χ0n) is 19.3. The maximum Gasteiger partial charge on any atom is 0.347 e. The summed E-state index contributed by atoms with van der Waals surface area (Å²) in [5.74, 6) is -2.46. The van der Waals surface area contributed by atoms with Gasteiger partial charge in [-0.25, -0.2) is 15.3 Å². The lowest BCUT2D eigenvalue weighted by molar-refractivity contribution is -0.162. The van der Waals surface area contributed by atoms with Crippen LogP contribution in [0.25, 0.3) is 0 Å². The number of hydrogen-bond acceptors (Lipinski definition) is 6. The number of carboxylic acid groups (broad SMARTS) is 1. The van der Waals surface area contributed by atoms with E-state index < -0.39 is 41.8 Å². The number of benzene rings is 2. The van der Waals surface area contributed by atoms with Gasteiger partial charge in [-0.3, -0.25) is 14.4 Å². The van der Waals surface area contributed by atoms with Crippen molar-refractivity contribution in [2.45, 2.75) is 45.3 Å². The molecule has 0 aromatic heterocycles. The summed E-state index contributed by atoms with van der Waals surface area (Å²) in [5.41, 5.74) is 7.40. The van der Waals surface area contributed by atoms with Crippen molar-refractivity contribution in [1.82, 2.24) is 14.9 Å². The summed E-state index contributed by atoms with van der Waals surface area (Å²) in [6.45, 7) is 4.91. The molecule has 0 saturated carbocycles. The van der Waals surface area contributed by atoms with E-state index in [2.05, 4.69) is 5.11 Å². The topological polar surface area (TPSA) is 134 Å². The molecule has 4 amide bonds. The summed E-state index contributed by atoms with van der Waals surface area (Å²) >= 11 is 0. The Morgan fingerprint density at radius 3 is 2.24 bits per heavy atom. The third kappa shape index (κ3) is 4.26. The quantitative estimate of drug-likeness (QED) is 0.430. The summed E-state index contributed by atoms with van der Waals surface area (Å²) in [4.78, 5) is 53.2. The van der Waals surface area contributed by atoms with Crippen LogP contribution in [-0.2, 0) is 26.5 Å². The molecule has 3 rings (SSSR count). The van der Waals surface area contributed by atoms with Crippen LogP contribution in [0.1, 0.15) is 49.9 Å². The lowest BCUT2D eigenvalue weighted by Gasteiger charge is -2.35. The van der Waals surface area contributed by atoms with Gasteiger partial charge in [0.1, 0.15) is 5.54 Å². The minimum atomic E-state index is -1.42. The minimum absolute atomic E-state index is 0.183. The number of amides is 4. The van der Waals surface area contributed by atoms with Crippen molar-refractivity contribution in [2.75, 3.05) is 6.54 Å². The molecule has 10 nitrogen and oxygen atoms in total. The van der Waals surface area contributed by atoms with E-state index in [0.717, 1.165) is 15.6 Å². The Balaban J connectivity index is 2.11. The van der Waals surface area contributed by atoms with Crippen LogP contribution in [0.3, 0.4) is 0 Å². The van der Waals surface area contributed by atoms with Gasteiger partial charge in [0.05, 0.1) is 19.0 Å². The van der Waals surface area contributed by atoms with Crippen molar-refractivity contribution in [3.8, 4) is 0 Å². The van der Waals surface area contributed by atoms with Gasteiger partial charge in [-0.2, -0.15) is 10.1 Å². The molecule has 2 N–H and O–H groups in total. The van der Waals surface area contributed by atoms with E-state index in [4.69, 9.17) is 5.53 Å². The first-order chi connectivity index (χ1) is 16.2. The van der Waals surface area contributed by atoms with Gasteiger partial charge in [-0.1, -0.05) is 54.6 Å². The molecule has 0 unspecified atom stereocenters. The summed E-state index contributed by atoms with van der Waals surface area (Å²) < 4.78 is 0. The highest BCUT2D eigenvalue weighted by Gasteiger charge is 2.58. The normalized spacial score (nSPS) is 18.7. The fraction of sp³-hybridized carbons (Fsp3) is 0.333. The molecule has 1 aliphatic rings. The molecular formula is C24H27N5O5. The molecule has 0 bridgehead atoms. The average molecular weight is 466 g/mol. The second-order valence-electron chi connectivity index (χ2n) is 8.12. The van der Waals surface area contributed by atoms with Crippen molar-refractivity contribution in [1.29, 1.82) is 5.53 Å². The molecule has 1 heterocycles. The van der Waals surface area contributed by atoms with Crippen LogP contribution in [0.5, 0.6) is 0 Å². The Bertz CT molecular complexity index is 1100. The molecule has 0 spiro atoms. The number of imide groups is 1. The number of urea groups is 1. The number of hydrazine groups is 1. The van der Waals surface area contributed by atoms with E-state index in [1.165, 1.54) is 11.8 Å². The van der Waals surface area contributed by atoms with Gasteiger partial charge in [-0.15, -0.1) is 0 Å². The average Bonchev–Trinajstić information content (AvgIpc) is 3.00. The number of hydrogen-bond donors (Lipinski definition) is 2. The first-order valence-corrected chi connectivity index (χ1v) is 10.8. The molecule has 1 aliphatic heterocycles. The molecule has 0 aliphatic carbocycles. The van der Waals surface area contributed by atoms with E-state index in [1.54, 1.807) is 68.4 Å². The molecule has 0 radical (unpaired) electrons. The molecule has 34 heavy (non-hydrogen) atoms. The number of carbonyl (C=O) groups is 4. The lowest BCUT2D eigenvalue weighted by Crippen LogP contribution is -2.52. The highest BCUT2D eigenvalue weighted by Crippen LogP contribution is 2.40. The zero-order valence-corrected chi connectivity index (χ0v) is 19.3.